The molecular formula is C6H14NP. The van der Waals surface area contributed by atoms with E-state index in [4.69, 9.17) is 0 Å². The summed E-state index contributed by atoms with van der Waals surface area (Å²) >= 11 is 0. The molecule has 8 heavy (non-hydrogen) atoms. The number of hydrogen-bond donors (Lipinski definition) is 0. The fourth-order valence-corrected chi connectivity index (χ4v) is 1.03. The Morgan fingerprint density at radius 3 is 1.88 bits per heavy atom. The molecule has 0 aromatic heterocycles. The van der Waals surface area contributed by atoms with Crippen molar-refractivity contribution in [2.75, 3.05) is 13.1 Å². The Bertz CT molecular complexity index is 70.6. The maximum atomic E-state index is 3.63. The van der Waals surface area contributed by atoms with E-state index in [1.165, 1.54) is 0 Å². The average molecular weight is 131 g/mol. The summed E-state index contributed by atoms with van der Waals surface area (Å²) in [6.45, 7) is 9.25. The van der Waals surface area contributed by atoms with Crippen LogP contribution in [0.5, 0.6) is 0 Å². The first-order valence-electron chi connectivity index (χ1n) is 2.71. The molecular weight excluding hydrogens is 117 g/mol. The summed E-state index contributed by atoms with van der Waals surface area (Å²) < 4.78 is 2.26. The Kier molecular flexibility index (Phi) is 4.93. The Balaban J connectivity index is 3.16. The number of rotatable bonds is 4. The quantitative estimate of drug-likeness (QED) is 0.405. The zero-order valence-corrected chi connectivity index (χ0v) is 7.43. The summed E-state index contributed by atoms with van der Waals surface area (Å²) in [5.74, 6) is 0. The molecule has 48 valence electrons. The van der Waals surface area contributed by atoms with Crippen LogP contribution in [0.15, 0.2) is 25.3 Å². The maximum absolute atomic E-state index is 3.63. The molecule has 0 radical (unpaired) electrons. The van der Waals surface area contributed by atoms with Gasteiger partial charge in [-0.2, -0.15) is 0 Å². The Morgan fingerprint density at radius 2 is 1.62 bits per heavy atom. The van der Waals surface area contributed by atoms with E-state index in [1.807, 2.05) is 12.2 Å². The van der Waals surface area contributed by atoms with Crippen LogP contribution in [0.1, 0.15) is 0 Å². The Hall–Kier alpha value is -0.130. The molecule has 0 aliphatic carbocycles. The molecule has 0 aliphatic rings. The monoisotopic (exact) mass is 131 g/mol. The molecule has 0 spiro atoms. The Labute approximate surface area is 53.3 Å². The van der Waals surface area contributed by atoms with Gasteiger partial charge in [0.1, 0.15) is 0 Å². The molecule has 0 heterocycles. The van der Waals surface area contributed by atoms with Crippen molar-refractivity contribution in [2.45, 2.75) is 0 Å². The van der Waals surface area contributed by atoms with Crippen LogP contribution in [0.3, 0.4) is 0 Å². The van der Waals surface area contributed by atoms with E-state index in [-0.39, 0.29) is 0 Å². The van der Waals surface area contributed by atoms with E-state index in [0.717, 1.165) is 22.5 Å². The van der Waals surface area contributed by atoms with Crippen LogP contribution in [0.25, 0.3) is 0 Å². The van der Waals surface area contributed by atoms with E-state index in [2.05, 4.69) is 17.8 Å². The normalized spacial score (nSPS) is 9.38. The topological polar surface area (TPSA) is 3.24 Å². The molecule has 1 nitrogen and oxygen atoms in total. The summed E-state index contributed by atoms with van der Waals surface area (Å²) in [5.41, 5.74) is 0. The molecule has 0 atom stereocenters. The minimum absolute atomic E-state index is 0.998. The van der Waals surface area contributed by atoms with Gasteiger partial charge >= 0.3 is 52.5 Å². The molecule has 0 aliphatic heterocycles. The number of nitrogens with zero attached hydrogens (tertiary/aromatic N) is 1. The van der Waals surface area contributed by atoms with Crippen molar-refractivity contribution in [3.8, 4) is 0 Å². The van der Waals surface area contributed by atoms with Crippen molar-refractivity contribution in [1.29, 1.82) is 0 Å². The van der Waals surface area contributed by atoms with Crippen molar-refractivity contribution in [3.63, 3.8) is 0 Å². The van der Waals surface area contributed by atoms with Gasteiger partial charge < -0.3 is 0 Å². The van der Waals surface area contributed by atoms with Gasteiger partial charge in [-0.3, -0.25) is 0 Å². The first-order valence-corrected chi connectivity index (χ1v) is 3.61. The third kappa shape index (κ3) is 4.04. The van der Waals surface area contributed by atoms with Gasteiger partial charge in [0, 0.05) is 0 Å². The molecule has 0 saturated heterocycles. The van der Waals surface area contributed by atoms with Gasteiger partial charge in [0.2, 0.25) is 0 Å². The average Bonchev–Trinajstić information content (AvgIpc) is 1.68. The van der Waals surface area contributed by atoms with Gasteiger partial charge in [-0.15, -0.1) is 0 Å². The van der Waals surface area contributed by atoms with E-state index >= 15 is 0 Å². The SMILES string of the molecule is C=CCN([PH4])CC=C. The van der Waals surface area contributed by atoms with Crippen molar-refractivity contribution in [1.82, 2.24) is 4.67 Å². The van der Waals surface area contributed by atoms with Crippen LogP contribution in [0, 0.1) is 0 Å². The minimum atomic E-state index is 0.998. The molecule has 0 aromatic rings. The van der Waals surface area contributed by atoms with Gasteiger partial charge in [0.15, 0.2) is 0 Å². The summed E-state index contributed by atoms with van der Waals surface area (Å²) in [6.07, 6.45) is 3.83. The van der Waals surface area contributed by atoms with Crippen molar-refractivity contribution in [3.05, 3.63) is 25.3 Å². The summed E-state index contributed by atoms with van der Waals surface area (Å²) in [4.78, 5) is 0. The van der Waals surface area contributed by atoms with Crippen LogP contribution in [-0.2, 0) is 0 Å². The second kappa shape index (κ2) is 5.02. The standard InChI is InChI=1S/C6H14NP/c1-3-5-7(8)6-4-2/h3-4H,1-2,5-6H2,8H4. The zero-order chi connectivity index (χ0) is 6.41. The second-order valence-corrected chi connectivity index (χ2v) is 3.06. The third-order valence-corrected chi connectivity index (χ3v) is 1.61. The predicted octanol–water partition coefficient (Wildman–Crippen LogP) is 0.915. The van der Waals surface area contributed by atoms with Crippen molar-refractivity contribution >= 4 is 9.39 Å². The van der Waals surface area contributed by atoms with Crippen LogP contribution in [0.2, 0.25) is 0 Å². The molecule has 0 saturated carbocycles. The molecule has 2 heteroatoms. The van der Waals surface area contributed by atoms with Gasteiger partial charge in [-0.25, -0.2) is 0 Å². The third-order valence-electron chi connectivity index (χ3n) is 0.882. The fraction of sp³-hybridized carbons (Fsp3) is 0.333. The van der Waals surface area contributed by atoms with E-state index < -0.39 is 0 Å². The van der Waals surface area contributed by atoms with E-state index in [9.17, 15) is 0 Å². The molecule has 0 aromatic carbocycles. The molecule has 0 unspecified atom stereocenters. The first kappa shape index (κ1) is 7.87. The van der Waals surface area contributed by atoms with Crippen molar-refractivity contribution in [2.24, 2.45) is 0 Å². The number of hydrogen-bond acceptors (Lipinski definition) is 1. The van der Waals surface area contributed by atoms with Crippen LogP contribution in [-0.4, -0.2) is 17.8 Å². The molecule has 0 rings (SSSR count). The van der Waals surface area contributed by atoms with Gasteiger partial charge in [-0.05, 0) is 0 Å². The molecule has 0 amide bonds. The fourth-order valence-electron chi connectivity index (χ4n) is 0.515. The Morgan fingerprint density at radius 1 is 1.25 bits per heavy atom. The first-order chi connectivity index (χ1) is 3.81. The zero-order valence-electron chi connectivity index (χ0n) is 5.43. The van der Waals surface area contributed by atoms with Crippen molar-refractivity contribution < 1.29 is 0 Å². The van der Waals surface area contributed by atoms with E-state index in [1.54, 1.807) is 0 Å². The van der Waals surface area contributed by atoms with Gasteiger partial charge in [0.05, 0.1) is 0 Å². The van der Waals surface area contributed by atoms with Crippen LogP contribution >= 0.6 is 9.39 Å². The van der Waals surface area contributed by atoms with Gasteiger partial charge in [-0.1, -0.05) is 0 Å². The van der Waals surface area contributed by atoms with Gasteiger partial charge in [0.25, 0.3) is 0 Å². The molecule has 0 N–H and O–H groups in total. The predicted molar refractivity (Wildman–Crippen MR) is 44.5 cm³/mol. The van der Waals surface area contributed by atoms with Crippen LogP contribution < -0.4 is 0 Å². The van der Waals surface area contributed by atoms with E-state index in [0.29, 0.717) is 0 Å². The van der Waals surface area contributed by atoms with Crippen LogP contribution in [0.4, 0.5) is 0 Å². The summed E-state index contributed by atoms with van der Waals surface area (Å²) in [5, 5.41) is 0. The second-order valence-electron chi connectivity index (χ2n) is 1.80. The summed E-state index contributed by atoms with van der Waals surface area (Å²) in [6, 6.07) is 0. The summed E-state index contributed by atoms with van der Waals surface area (Å²) in [7, 11) is 1.10. The molecule has 0 fully saturated rings. The molecule has 0 bridgehead atoms.